The fourth-order valence-corrected chi connectivity index (χ4v) is 2.71. The molecule has 1 aliphatic rings. The van der Waals surface area contributed by atoms with E-state index in [-0.39, 0.29) is 11.8 Å². The normalized spacial score (nSPS) is 13.9. The van der Waals surface area contributed by atoms with E-state index < -0.39 is 0 Å². The first kappa shape index (κ1) is 14.3. The van der Waals surface area contributed by atoms with Crippen LogP contribution in [0.1, 0.15) is 29.4 Å². The standard InChI is InChI=1S/C16H18N4O2/c1-3-20-14(8-9-17-20)16(22)18-12-5-6-13-11(10-12)4-7-15(21)19(13)2/h5-6,8-10H,3-4,7H2,1-2H3,(H,18,22). The van der Waals surface area contributed by atoms with Crippen LogP contribution in [0.2, 0.25) is 0 Å². The number of hydrogen-bond acceptors (Lipinski definition) is 3. The molecule has 0 saturated carbocycles. The van der Waals surface area contributed by atoms with Gasteiger partial charge in [0.1, 0.15) is 5.69 Å². The summed E-state index contributed by atoms with van der Waals surface area (Å²) in [5.41, 5.74) is 3.25. The lowest BCUT2D eigenvalue weighted by molar-refractivity contribution is -0.118. The van der Waals surface area contributed by atoms with Gasteiger partial charge >= 0.3 is 0 Å². The van der Waals surface area contributed by atoms with Crippen molar-refractivity contribution in [2.45, 2.75) is 26.3 Å². The van der Waals surface area contributed by atoms with Crippen LogP contribution in [0.5, 0.6) is 0 Å². The number of hydrogen-bond donors (Lipinski definition) is 1. The largest absolute Gasteiger partial charge is 0.321 e. The summed E-state index contributed by atoms with van der Waals surface area (Å²) in [6.45, 7) is 2.59. The molecule has 1 N–H and O–H groups in total. The van der Waals surface area contributed by atoms with Crippen LogP contribution in [0.25, 0.3) is 0 Å². The molecule has 0 fully saturated rings. The predicted octanol–water partition coefficient (Wildman–Crippen LogP) is 2.06. The number of anilines is 2. The van der Waals surface area contributed by atoms with Gasteiger partial charge in [-0.1, -0.05) is 0 Å². The van der Waals surface area contributed by atoms with Gasteiger partial charge in [0.2, 0.25) is 5.91 Å². The zero-order valence-corrected chi connectivity index (χ0v) is 12.7. The molecule has 3 rings (SSSR count). The second-order valence-corrected chi connectivity index (χ2v) is 5.28. The fourth-order valence-electron chi connectivity index (χ4n) is 2.71. The highest BCUT2D eigenvalue weighted by molar-refractivity contribution is 6.03. The molecular weight excluding hydrogens is 280 g/mol. The van der Waals surface area contributed by atoms with Crippen LogP contribution in [0.3, 0.4) is 0 Å². The van der Waals surface area contributed by atoms with E-state index in [1.54, 1.807) is 28.9 Å². The van der Waals surface area contributed by atoms with E-state index in [1.807, 2.05) is 25.1 Å². The molecule has 0 saturated heterocycles. The maximum Gasteiger partial charge on any atom is 0.273 e. The van der Waals surface area contributed by atoms with Gasteiger partial charge in [-0.25, -0.2) is 0 Å². The van der Waals surface area contributed by atoms with Crippen molar-refractivity contribution in [3.05, 3.63) is 41.7 Å². The number of aryl methyl sites for hydroxylation is 2. The summed E-state index contributed by atoms with van der Waals surface area (Å²) in [5, 5.41) is 6.99. The third-order valence-electron chi connectivity index (χ3n) is 3.93. The van der Waals surface area contributed by atoms with Gasteiger partial charge in [0.15, 0.2) is 0 Å². The van der Waals surface area contributed by atoms with Gasteiger partial charge in [-0.05, 0) is 43.2 Å². The van der Waals surface area contributed by atoms with E-state index in [9.17, 15) is 9.59 Å². The van der Waals surface area contributed by atoms with Crippen molar-refractivity contribution in [2.24, 2.45) is 0 Å². The summed E-state index contributed by atoms with van der Waals surface area (Å²) in [6.07, 6.45) is 2.82. The highest BCUT2D eigenvalue weighted by Gasteiger charge is 2.21. The number of benzene rings is 1. The maximum atomic E-state index is 12.3. The predicted molar refractivity (Wildman–Crippen MR) is 84.0 cm³/mol. The molecule has 0 unspecified atom stereocenters. The maximum absolute atomic E-state index is 12.3. The molecule has 0 radical (unpaired) electrons. The van der Waals surface area contributed by atoms with Crippen molar-refractivity contribution < 1.29 is 9.59 Å². The number of carbonyl (C=O) groups excluding carboxylic acids is 2. The monoisotopic (exact) mass is 298 g/mol. The molecule has 1 aromatic carbocycles. The summed E-state index contributed by atoms with van der Waals surface area (Å²) >= 11 is 0. The van der Waals surface area contributed by atoms with Crippen molar-refractivity contribution in [3.8, 4) is 0 Å². The van der Waals surface area contributed by atoms with Gasteiger partial charge < -0.3 is 10.2 Å². The van der Waals surface area contributed by atoms with Gasteiger partial charge in [0, 0.05) is 37.6 Å². The molecule has 1 aromatic heterocycles. The Hall–Kier alpha value is -2.63. The molecule has 6 heteroatoms. The van der Waals surface area contributed by atoms with Crippen LogP contribution >= 0.6 is 0 Å². The van der Waals surface area contributed by atoms with Crippen LogP contribution in [-0.2, 0) is 17.8 Å². The van der Waals surface area contributed by atoms with E-state index in [0.717, 1.165) is 16.9 Å². The van der Waals surface area contributed by atoms with Crippen LogP contribution in [-0.4, -0.2) is 28.6 Å². The Morgan fingerprint density at radius 2 is 2.14 bits per heavy atom. The number of aromatic nitrogens is 2. The van der Waals surface area contributed by atoms with E-state index in [4.69, 9.17) is 0 Å². The van der Waals surface area contributed by atoms with Crippen LogP contribution in [0.4, 0.5) is 11.4 Å². The summed E-state index contributed by atoms with van der Waals surface area (Å²) in [5.74, 6) is -0.0596. The first-order valence-electron chi connectivity index (χ1n) is 7.32. The lowest BCUT2D eigenvalue weighted by Crippen LogP contribution is -2.31. The Balaban J connectivity index is 1.82. The lowest BCUT2D eigenvalue weighted by atomic mass is 10.0. The van der Waals surface area contributed by atoms with Crippen molar-refractivity contribution in [3.63, 3.8) is 0 Å². The molecule has 114 valence electrons. The molecule has 0 aliphatic carbocycles. The van der Waals surface area contributed by atoms with Gasteiger partial charge in [-0.3, -0.25) is 14.3 Å². The fraction of sp³-hybridized carbons (Fsp3) is 0.312. The lowest BCUT2D eigenvalue weighted by Gasteiger charge is -2.26. The van der Waals surface area contributed by atoms with Crippen molar-refractivity contribution >= 4 is 23.2 Å². The minimum atomic E-state index is -0.181. The molecule has 1 aliphatic heterocycles. The van der Waals surface area contributed by atoms with Crippen molar-refractivity contribution in [1.82, 2.24) is 9.78 Å². The first-order valence-corrected chi connectivity index (χ1v) is 7.32. The number of carbonyl (C=O) groups is 2. The topological polar surface area (TPSA) is 67.2 Å². The third-order valence-corrected chi connectivity index (χ3v) is 3.93. The van der Waals surface area contributed by atoms with Crippen LogP contribution in [0, 0.1) is 0 Å². The van der Waals surface area contributed by atoms with Crippen LogP contribution in [0.15, 0.2) is 30.5 Å². The van der Waals surface area contributed by atoms with Gasteiger partial charge in [0.05, 0.1) is 0 Å². The zero-order chi connectivity index (χ0) is 15.7. The number of nitrogens with zero attached hydrogens (tertiary/aromatic N) is 3. The van der Waals surface area contributed by atoms with E-state index in [0.29, 0.717) is 25.1 Å². The summed E-state index contributed by atoms with van der Waals surface area (Å²) in [4.78, 5) is 25.7. The zero-order valence-electron chi connectivity index (χ0n) is 12.7. The SMILES string of the molecule is CCn1nccc1C(=O)Nc1ccc2c(c1)CCC(=O)N2C. The quantitative estimate of drug-likeness (QED) is 0.943. The van der Waals surface area contributed by atoms with E-state index >= 15 is 0 Å². The average molecular weight is 298 g/mol. The Morgan fingerprint density at radius 3 is 2.91 bits per heavy atom. The highest BCUT2D eigenvalue weighted by Crippen LogP contribution is 2.29. The molecule has 2 aromatic rings. The molecule has 0 spiro atoms. The minimum Gasteiger partial charge on any atom is -0.321 e. The van der Waals surface area contributed by atoms with E-state index in [2.05, 4.69) is 10.4 Å². The summed E-state index contributed by atoms with van der Waals surface area (Å²) in [7, 11) is 1.78. The molecule has 22 heavy (non-hydrogen) atoms. The van der Waals surface area contributed by atoms with Gasteiger partial charge in [-0.2, -0.15) is 5.10 Å². The first-order chi connectivity index (χ1) is 10.6. The number of amides is 2. The van der Waals surface area contributed by atoms with E-state index in [1.165, 1.54) is 0 Å². The second-order valence-electron chi connectivity index (χ2n) is 5.28. The molecular formula is C16H18N4O2. The Morgan fingerprint density at radius 1 is 1.32 bits per heavy atom. The van der Waals surface area contributed by atoms with Crippen molar-refractivity contribution in [1.29, 1.82) is 0 Å². The molecule has 2 heterocycles. The number of rotatable bonds is 3. The molecule has 6 nitrogen and oxygen atoms in total. The number of nitrogens with one attached hydrogen (secondary N) is 1. The highest BCUT2D eigenvalue weighted by atomic mass is 16.2. The second kappa shape index (κ2) is 5.63. The van der Waals surface area contributed by atoms with Crippen LogP contribution < -0.4 is 10.2 Å². The average Bonchev–Trinajstić information content (AvgIpc) is 3.00. The molecule has 0 bridgehead atoms. The Labute approximate surface area is 128 Å². The minimum absolute atomic E-state index is 0.121. The molecule has 2 amide bonds. The number of fused-ring (bicyclic) bond motifs is 1. The summed E-state index contributed by atoms with van der Waals surface area (Å²) < 4.78 is 1.65. The molecule has 0 atom stereocenters. The Bertz CT molecular complexity index is 735. The smallest absolute Gasteiger partial charge is 0.273 e. The third kappa shape index (κ3) is 2.47. The summed E-state index contributed by atoms with van der Waals surface area (Å²) in [6, 6.07) is 7.32. The van der Waals surface area contributed by atoms with Crippen molar-refractivity contribution in [2.75, 3.05) is 17.3 Å². The van der Waals surface area contributed by atoms with Gasteiger partial charge in [-0.15, -0.1) is 0 Å². The Kier molecular flexibility index (Phi) is 3.66. The van der Waals surface area contributed by atoms with Gasteiger partial charge in [0.25, 0.3) is 5.91 Å².